The summed E-state index contributed by atoms with van der Waals surface area (Å²) in [5.74, 6) is -2.05. The molecule has 2 aromatic carbocycles. The molecule has 9 heteroatoms. The highest BCUT2D eigenvalue weighted by Gasteiger charge is 2.01. The Hall–Kier alpha value is -4.01. The van der Waals surface area contributed by atoms with Crippen LogP contribution in [0.4, 0.5) is 4.79 Å². The van der Waals surface area contributed by atoms with Gasteiger partial charge in [0, 0.05) is 0 Å². The standard InChI is InChI=1S/C17H14N4O5/c22-15(23)13-5-1-11(2-6-13)9-18-20-17(26)21-19-10-12-3-7-14(8-4-12)16(24)25/h1-10H,(H,22,23)(H,24,25)(H2,20,21,26). The van der Waals surface area contributed by atoms with Gasteiger partial charge in [-0.25, -0.2) is 25.2 Å². The van der Waals surface area contributed by atoms with Crippen molar-refractivity contribution >= 4 is 30.4 Å². The number of hydrazone groups is 2. The zero-order chi connectivity index (χ0) is 18.9. The molecule has 0 aromatic heterocycles. The van der Waals surface area contributed by atoms with Gasteiger partial charge in [0.2, 0.25) is 0 Å². The molecule has 132 valence electrons. The third-order valence-corrected chi connectivity index (χ3v) is 3.07. The molecule has 26 heavy (non-hydrogen) atoms. The summed E-state index contributed by atoms with van der Waals surface area (Å²) in [5.41, 5.74) is 5.90. The maximum absolute atomic E-state index is 11.5. The van der Waals surface area contributed by atoms with E-state index in [1.807, 2.05) is 0 Å². The fourth-order valence-corrected chi connectivity index (χ4v) is 1.78. The summed E-state index contributed by atoms with van der Waals surface area (Å²) in [7, 11) is 0. The number of carboxylic acids is 2. The first-order valence-electron chi connectivity index (χ1n) is 7.24. The number of benzene rings is 2. The average Bonchev–Trinajstić information content (AvgIpc) is 2.62. The van der Waals surface area contributed by atoms with E-state index in [9.17, 15) is 14.4 Å². The third-order valence-electron chi connectivity index (χ3n) is 3.07. The SMILES string of the molecule is O=C(NN=Cc1ccc(C(=O)O)cc1)NN=Cc1ccc(C(=O)O)cc1. The second-order valence-electron chi connectivity index (χ2n) is 4.92. The second kappa shape index (κ2) is 8.73. The first kappa shape index (κ1) is 18.3. The van der Waals surface area contributed by atoms with E-state index < -0.39 is 18.0 Å². The van der Waals surface area contributed by atoms with Crippen molar-refractivity contribution < 1.29 is 24.6 Å². The minimum atomic E-state index is -1.03. The highest BCUT2D eigenvalue weighted by atomic mass is 16.4. The Morgan fingerprint density at radius 1 is 0.692 bits per heavy atom. The molecule has 0 aliphatic carbocycles. The van der Waals surface area contributed by atoms with Crippen molar-refractivity contribution in [3.05, 3.63) is 70.8 Å². The monoisotopic (exact) mass is 354 g/mol. The molecule has 0 fully saturated rings. The number of carbonyl (C=O) groups is 3. The lowest BCUT2D eigenvalue weighted by Crippen LogP contribution is -2.28. The summed E-state index contributed by atoms with van der Waals surface area (Å²) in [5, 5.41) is 25.0. The molecule has 4 N–H and O–H groups in total. The van der Waals surface area contributed by atoms with Gasteiger partial charge in [0.05, 0.1) is 23.6 Å². The summed E-state index contributed by atoms with van der Waals surface area (Å²) in [6.07, 6.45) is 2.69. The molecule has 0 saturated carbocycles. The predicted octanol–water partition coefficient (Wildman–Crippen LogP) is 1.75. The number of hydrogen-bond acceptors (Lipinski definition) is 5. The average molecular weight is 354 g/mol. The van der Waals surface area contributed by atoms with E-state index in [1.54, 1.807) is 24.3 Å². The number of rotatable bonds is 6. The highest BCUT2D eigenvalue weighted by Crippen LogP contribution is 2.03. The number of amides is 2. The maximum Gasteiger partial charge on any atom is 0.355 e. The number of carbonyl (C=O) groups excluding carboxylic acids is 1. The van der Waals surface area contributed by atoms with Gasteiger partial charge < -0.3 is 10.2 Å². The maximum atomic E-state index is 11.5. The Kier molecular flexibility index (Phi) is 6.16. The number of nitrogens with one attached hydrogen (secondary N) is 2. The van der Waals surface area contributed by atoms with E-state index in [1.165, 1.54) is 36.7 Å². The van der Waals surface area contributed by atoms with Crippen molar-refractivity contribution in [2.45, 2.75) is 0 Å². The van der Waals surface area contributed by atoms with E-state index in [-0.39, 0.29) is 11.1 Å². The van der Waals surface area contributed by atoms with Crippen molar-refractivity contribution in [1.82, 2.24) is 10.9 Å². The van der Waals surface area contributed by atoms with Crippen LogP contribution in [0.3, 0.4) is 0 Å². The largest absolute Gasteiger partial charge is 0.478 e. The zero-order valence-corrected chi connectivity index (χ0v) is 13.3. The van der Waals surface area contributed by atoms with E-state index >= 15 is 0 Å². The summed E-state index contributed by atoms with van der Waals surface area (Å²) >= 11 is 0. The molecular weight excluding hydrogens is 340 g/mol. The van der Waals surface area contributed by atoms with Gasteiger partial charge in [0.15, 0.2) is 0 Å². The fraction of sp³-hybridized carbons (Fsp3) is 0. The molecule has 2 amide bonds. The molecule has 0 unspecified atom stereocenters. The van der Waals surface area contributed by atoms with Gasteiger partial charge in [0.25, 0.3) is 0 Å². The Labute approximate surface area is 147 Å². The lowest BCUT2D eigenvalue weighted by Gasteiger charge is -1.99. The molecule has 2 rings (SSSR count). The van der Waals surface area contributed by atoms with Crippen molar-refractivity contribution in [2.75, 3.05) is 0 Å². The summed E-state index contributed by atoms with van der Waals surface area (Å²) in [4.78, 5) is 33.0. The summed E-state index contributed by atoms with van der Waals surface area (Å²) in [6, 6.07) is 11.2. The van der Waals surface area contributed by atoms with Crippen LogP contribution in [0.5, 0.6) is 0 Å². The number of urea groups is 1. The Balaban J connectivity index is 1.81. The van der Waals surface area contributed by atoms with Crippen LogP contribution in [0.1, 0.15) is 31.8 Å². The Morgan fingerprint density at radius 3 is 1.35 bits per heavy atom. The Bertz CT molecular complexity index is 786. The molecule has 0 atom stereocenters. The van der Waals surface area contributed by atoms with Crippen LogP contribution >= 0.6 is 0 Å². The van der Waals surface area contributed by atoms with Crippen LogP contribution in [0, 0.1) is 0 Å². The lowest BCUT2D eigenvalue weighted by atomic mass is 10.1. The number of carboxylic acid groups (broad SMARTS) is 2. The van der Waals surface area contributed by atoms with Crippen molar-refractivity contribution in [3.63, 3.8) is 0 Å². The molecule has 0 aliphatic heterocycles. The predicted molar refractivity (Wildman–Crippen MR) is 93.7 cm³/mol. The van der Waals surface area contributed by atoms with Crippen LogP contribution < -0.4 is 10.9 Å². The van der Waals surface area contributed by atoms with Crippen LogP contribution in [0.25, 0.3) is 0 Å². The normalized spacial score (nSPS) is 10.8. The van der Waals surface area contributed by atoms with Gasteiger partial charge in [-0.15, -0.1) is 0 Å². The van der Waals surface area contributed by atoms with Crippen molar-refractivity contribution in [3.8, 4) is 0 Å². The molecule has 9 nitrogen and oxygen atoms in total. The van der Waals surface area contributed by atoms with Gasteiger partial charge in [-0.1, -0.05) is 24.3 Å². The molecule has 0 spiro atoms. The third kappa shape index (κ3) is 5.57. The van der Waals surface area contributed by atoms with Crippen LogP contribution in [-0.4, -0.2) is 40.6 Å². The fourth-order valence-electron chi connectivity index (χ4n) is 1.78. The van der Waals surface area contributed by atoms with Crippen molar-refractivity contribution in [2.24, 2.45) is 10.2 Å². The highest BCUT2D eigenvalue weighted by molar-refractivity contribution is 5.90. The van der Waals surface area contributed by atoms with E-state index in [4.69, 9.17) is 10.2 Å². The van der Waals surface area contributed by atoms with Gasteiger partial charge in [-0.2, -0.15) is 10.2 Å². The first-order chi connectivity index (χ1) is 12.5. The van der Waals surface area contributed by atoms with Gasteiger partial charge in [-0.05, 0) is 35.4 Å². The number of hydrogen-bond donors (Lipinski definition) is 4. The number of nitrogens with zero attached hydrogens (tertiary/aromatic N) is 2. The molecule has 0 radical (unpaired) electrons. The van der Waals surface area contributed by atoms with E-state index in [0.717, 1.165) is 0 Å². The van der Waals surface area contributed by atoms with Crippen LogP contribution in [0.2, 0.25) is 0 Å². The van der Waals surface area contributed by atoms with Crippen molar-refractivity contribution in [1.29, 1.82) is 0 Å². The smallest absolute Gasteiger partial charge is 0.355 e. The summed E-state index contributed by atoms with van der Waals surface area (Å²) in [6.45, 7) is 0. The number of aromatic carboxylic acids is 2. The van der Waals surface area contributed by atoms with Gasteiger partial charge in [-0.3, -0.25) is 0 Å². The molecule has 0 heterocycles. The van der Waals surface area contributed by atoms with Crippen LogP contribution in [-0.2, 0) is 0 Å². The summed E-state index contributed by atoms with van der Waals surface area (Å²) < 4.78 is 0. The molecule has 0 saturated heterocycles. The second-order valence-corrected chi connectivity index (χ2v) is 4.92. The molecule has 0 bridgehead atoms. The van der Waals surface area contributed by atoms with Crippen LogP contribution in [0.15, 0.2) is 58.7 Å². The van der Waals surface area contributed by atoms with E-state index in [2.05, 4.69) is 21.1 Å². The van der Waals surface area contributed by atoms with E-state index in [0.29, 0.717) is 11.1 Å². The first-order valence-corrected chi connectivity index (χ1v) is 7.24. The minimum Gasteiger partial charge on any atom is -0.478 e. The molecule has 2 aromatic rings. The topological polar surface area (TPSA) is 140 Å². The van der Waals surface area contributed by atoms with Gasteiger partial charge >= 0.3 is 18.0 Å². The zero-order valence-electron chi connectivity index (χ0n) is 13.3. The Morgan fingerprint density at radius 2 is 1.04 bits per heavy atom. The molecular formula is C17H14N4O5. The minimum absolute atomic E-state index is 0.151. The van der Waals surface area contributed by atoms with Gasteiger partial charge in [0.1, 0.15) is 0 Å². The molecule has 0 aliphatic rings. The lowest BCUT2D eigenvalue weighted by molar-refractivity contribution is 0.0686. The quantitative estimate of drug-likeness (QED) is 0.462.